The lowest BCUT2D eigenvalue weighted by Gasteiger charge is -2.11. The summed E-state index contributed by atoms with van der Waals surface area (Å²) >= 11 is 0. The van der Waals surface area contributed by atoms with Gasteiger partial charge in [-0.15, -0.1) is 0 Å². The molecule has 0 saturated heterocycles. The minimum atomic E-state index is -0.720. The van der Waals surface area contributed by atoms with Crippen LogP contribution in [0.1, 0.15) is 10.4 Å². The molecule has 2 heterocycles. The van der Waals surface area contributed by atoms with Crippen LogP contribution in [0.4, 0.5) is 14.5 Å². The van der Waals surface area contributed by atoms with Crippen LogP contribution in [0.2, 0.25) is 0 Å². The van der Waals surface area contributed by atoms with Gasteiger partial charge in [0.15, 0.2) is 5.82 Å². The maximum atomic E-state index is 13.9. The molecule has 5 nitrogen and oxygen atoms in total. The highest BCUT2D eigenvalue weighted by molar-refractivity contribution is 6.06. The first-order valence-corrected chi connectivity index (χ1v) is 8.16. The van der Waals surface area contributed by atoms with Gasteiger partial charge in [-0.25, -0.2) is 13.5 Å². The number of nitrogens with one attached hydrogen (secondary N) is 1. The fourth-order valence-electron chi connectivity index (χ4n) is 2.77. The molecule has 0 unspecified atom stereocenters. The number of benzene rings is 2. The maximum absolute atomic E-state index is 13.9. The van der Waals surface area contributed by atoms with Crippen molar-refractivity contribution in [2.24, 2.45) is 0 Å². The molecule has 0 aliphatic heterocycles. The van der Waals surface area contributed by atoms with E-state index in [0.717, 1.165) is 23.9 Å². The van der Waals surface area contributed by atoms with Gasteiger partial charge in [-0.3, -0.25) is 4.79 Å². The maximum Gasteiger partial charge on any atom is 0.261 e. The molecule has 0 aliphatic carbocycles. The molecule has 7 heteroatoms. The van der Waals surface area contributed by atoms with Crippen LogP contribution in [-0.2, 0) is 0 Å². The summed E-state index contributed by atoms with van der Waals surface area (Å²) in [5.41, 5.74) is 0.752. The van der Waals surface area contributed by atoms with Crippen LogP contribution < -0.4 is 5.32 Å². The van der Waals surface area contributed by atoms with Crippen molar-refractivity contribution < 1.29 is 13.6 Å². The summed E-state index contributed by atoms with van der Waals surface area (Å²) in [4.78, 5) is 12.8. The van der Waals surface area contributed by atoms with Gasteiger partial charge in [0.05, 0.1) is 17.6 Å². The van der Waals surface area contributed by atoms with Crippen molar-refractivity contribution in [2.75, 3.05) is 5.32 Å². The Morgan fingerprint density at radius 3 is 2.44 bits per heavy atom. The van der Waals surface area contributed by atoms with Gasteiger partial charge in [0, 0.05) is 18.5 Å². The lowest BCUT2D eigenvalue weighted by atomic mass is 10.2. The summed E-state index contributed by atoms with van der Waals surface area (Å²) in [5.74, 6) is -1.47. The average molecular weight is 364 g/mol. The molecule has 2 aromatic carbocycles. The number of rotatable bonds is 4. The largest absolute Gasteiger partial charge is 0.319 e. The second-order valence-electron chi connectivity index (χ2n) is 5.80. The molecule has 1 amide bonds. The highest BCUT2D eigenvalue weighted by Crippen LogP contribution is 2.22. The van der Waals surface area contributed by atoms with Gasteiger partial charge in [-0.2, -0.15) is 5.10 Å². The molecule has 27 heavy (non-hydrogen) atoms. The van der Waals surface area contributed by atoms with Crippen LogP contribution in [0.15, 0.2) is 79.3 Å². The number of anilines is 1. The number of hydrogen-bond acceptors (Lipinski definition) is 2. The smallest absolute Gasteiger partial charge is 0.261 e. The molecule has 0 radical (unpaired) electrons. The van der Waals surface area contributed by atoms with Gasteiger partial charge in [-0.05, 0) is 36.4 Å². The van der Waals surface area contributed by atoms with Crippen molar-refractivity contribution >= 4 is 11.6 Å². The second-order valence-corrected chi connectivity index (χ2v) is 5.80. The predicted molar refractivity (Wildman–Crippen MR) is 97.2 cm³/mol. The number of halogens is 2. The molecule has 4 aromatic rings. The van der Waals surface area contributed by atoms with E-state index in [1.165, 1.54) is 6.20 Å². The zero-order valence-corrected chi connectivity index (χ0v) is 14.0. The van der Waals surface area contributed by atoms with Gasteiger partial charge in [0.25, 0.3) is 5.91 Å². The third kappa shape index (κ3) is 3.22. The van der Waals surface area contributed by atoms with Crippen LogP contribution in [0.3, 0.4) is 0 Å². The number of carbonyl (C=O) groups excluding carboxylic acids is 1. The first-order valence-electron chi connectivity index (χ1n) is 8.16. The van der Waals surface area contributed by atoms with E-state index in [1.807, 2.05) is 42.5 Å². The Hall–Kier alpha value is -3.74. The third-order valence-electron chi connectivity index (χ3n) is 4.01. The first kappa shape index (κ1) is 16.7. The molecule has 4 rings (SSSR count). The number of amides is 1. The number of para-hydroxylation sites is 1. The van der Waals surface area contributed by atoms with Crippen LogP contribution >= 0.6 is 0 Å². The molecule has 1 N–H and O–H groups in total. The van der Waals surface area contributed by atoms with Crippen LogP contribution in [0.5, 0.6) is 0 Å². The van der Waals surface area contributed by atoms with Crippen LogP contribution in [0, 0.1) is 11.6 Å². The fourth-order valence-corrected chi connectivity index (χ4v) is 2.77. The van der Waals surface area contributed by atoms with E-state index >= 15 is 0 Å². The van der Waals surface area contributed by atoms with Crippen LogP contribution in [-0.4, -0.2) is 20.3 Å². The minimum Gasteiger partial charge on any atom is -0.319 e. The lowest BCUT2D eigenvalue weighted by molar-refractivity contribution is 0.102. The average Bonchev–Trinajstić information content (AvgIpc) is 3.34. The Morgan fingerprint density at radius 2 is 1.70 bits per heavy atom. The van der Waals surface area contributed by atoms with Crippen molar-refractivity contribution in [3.63, 3.8) is 0 Å². The van der Waals surface area contributed by atoms with E-state index in [4.69, 9.17) is 0 Å². The van der Waals surface area contributed by atoms with E-state index in [2.05, 4.69) is 10.4 Å². The summed E-state index contributed by atoms with van der Waals surface area (Å²) in [6, 6.07) is 15.8. The standard InChI is InChI=1S/C20H14F2N4O/c21-14-8-9-17(22)18(12-14)24-19(27)16-13-23-26(15-6-2-1-3-7-15)20(16)25-10-4-5-11-25/h1-13H,(H,24,27). The van der Waals surface area contributed by atoms with Gasteiger partial charge in [0.1, 0.15) is 17.2 Å². The van der Waals surface area contributed by atoms with Gasteiger partial charge >= 0.3 is 0 Å². The molecule has 0 aliphatic rings. The fraction of sp³-hybridized carbons (Fsp3) is 0. The monoisotopic (exact) mass is 364 g/mol. The normalized spacial score (nSPS) is 10.7. The summed E-state index contributed by atoms with van der Waals surface area (Å²) in [6.45, 7) is 0. The number of carbonyl (C=O) groups is 1. The molecular weight excluding hydrogens is 350 g/mol. The van der Waals surface area contributed by atoms with Crippen molar-refractivity contribution in [1.29, 1.82) is 0 Å². The number of hydrogen-bond donors (Lipinski definition) is 1. The summed E-state index contributed by atoms with van der Waals surface area (Å²) in [5, 5.41) is 6.73. The zero-order valence-electron chi connectivity index (χ0n) is 14.0. The highest BCUT2D eigenvalue weighted by atomic mass is 19.1. The van der Waals surface area contributed by atoms with Crippen molar-refractivity contribution in [3.8, 4) is 11.5 Å². The Balaban J connectivity index is 1.78. The zero-order chi connectivity index (χ0) is 18.8. The van der Waals surface area contributed by atoms with Gasteiger partial charge in [0.2, 0.25) is 0 Å². The topological polar surface area (TPSA) is 51.9 Å². The Morgan fingerprint density at radius 1 is 0.963 bits per heavy atom. The van der Waals surface area contributed by atoms with Gasteiger partial charge in [-0.1, -0.05) is 18.2 Å². The second kappa shape index (κ2) is 6.87. The molecule has 2 aromatic heterocycles. The molecule has 0 spiro atoms. The Bertz CT molecular complexity index is 1090. The summed E-state index contributed by atoms with van der Waals surface area (Å²) in [6.07, 6.45) is 4.95. The molecule has 134 valence electrons. The quantitative estimate of drug-likeness (QED) is 0.590. The first-order chi connectivity index (χ1) is 13.1. The lowest BCUT2D eigenvalue weighted by Crippen LogP contribution is -2.16. The molecule has 0 atom stereocenters. The SMILES string of the molecule is O=C(Nc1cc(F)ccc1F)c1cnn(-c2ccccc2)c1-n1cccc1. The molecular formula is C20H14F2N4O. The number of aromatic nitrogens is 3. The predicted octanol–water partition coefficient (Wildman–Crippen LogP) is 4.19. The van der Waals surface area contributed by atoms with Crippen LogP contribution in [0.25, 0.3) is 11.5 Å². The minimum absolute atomic E-state index is 0.221. The molecule has 0 bridgehead atoms. The van der Waals surface area contributed by atoms with Gasteiger partial charge < -0.3 is 9.88 Å². The van der Waals surface area contributed by atoms with Crippen molar-refractivity contribution in [3.05, 3.63) is 96.5 Å². The van der Waals surface area contributed by atoms with Crippen molar-refractivity contribution in [2.45, 2.75) is 0 Å². The van der Waals surface area contributed by atoms with Crippen molar-refractivity contribution in [1.82, 2.24) is 14.3 Å². The highest BCUT2D eigenvalue weighted by Gasteiger charge is 2.21. The summed E-state index contributed by atoms with van der Waals surface area (Å²) < 4.78 is 30.6. The molecule has 0 fully saturated rings. The van der Waals surface area contributed by atoms with E-state index in [9.17, 15) is 13.6 Å². The van der Waals surface area contributed by atoms with E-state index in [-0.39, 0.29) is 11.3 Å². The summed E-state index contributed by atoms with van der Waals surface area (Å²) in [7, 11) is 0. The third-order valence-corrected chi connectivity index (χ3v) is 4.01. The van der Waals surface area contributed by atoms with E-state index in [1.54, 1.807) is 21.6 Å². The van der Waals surface area contributed by atoms with E-state index < -0.39 is 17.5 Å². The Labute approximate surface area is 153 Å². The van der Waals surface area contributed by atoms with E-state index in [0.29, 0.717) is 5.82 Å². The Kier molecular flexibility index (Phi) is 4.25. The molecule has 0 saturated carbocycles. The number of nitrogens with zero attached hydrogens (tertiary/aromatic N) is 3.